The molecule has 0 saturated carbocycles. The van der Waals surface area contributed by atoms with Crippen LogP contribution in [0.4, 0.5) is 0 Å². The molecule has 6 nitrogen and oxygen atoms in total. The van der Waals surface area contributed by atoms with Crippen LogP contribution in [0.2, 0.25) is 0 Å². The molecule has 7 heteroatoms. The SMILES string of the molecule is Cc1cc(Br)cn2cc(CNCc3c(C#N)ncn3C)nc12. The Bertz CT molecular complexity index is 870. The van der Waals surface area contributed by atoms with Gasteiger partial charge in [0.25, 0.3) is 0 Å². The maximum atomic E-state index is 9.03. The lowest BCUT2D eigenvalue weighted by atomic mass is 10.3. The first-order valence-corrected chi connectivity index (χ1v) is 7.62. The van der Waals surface area contributed by atoms with Crippen LogP contribution in [0.15, 0.2) is 29.3 Å². The third kappa shape index (κ3) is 2.75. The van der Waals surface area contributed by atoms with Crippen LogP contribution in [0, 0.1) is 18.3 Å². The molecule has 3 aromatic rings. The molecule has 0 atom stereocenters. The van der Waals surface area contributed by atoms with Crippen LogP contribution in [0.5, 0.6) is 0 Å². The standard InChI is InChI=1S/C15H15BrN6/c1-10-3-11(16)7-22-8-12(20-15(10)22)5-18-6-14-13(4-17)19-9-21(14)2/h3,7-9,18H,5-6H2,1-2H3. The van der Waals surface area contributed by atoms with Crippen molar-refractivity contribution >= 4 is 21.6 Å². The van der Waals surface area contributed by atoms with Crippen molar-refractivity contribution in [3.05, 3.63) is 51.9 Å². The first-order chi connectivity index (χ1) is 10.6. The highest BCUT2D eigenvalue weighted by atomic mass is 79.9. The molecular weight excluding hydrogens is 344 g/mol. The Hall–Kier alpha value is -2.17. The fourth-order valence-electron chi connectivity index (χ4n) is 2.43. The molecule has 0 saturated heterocycles. The quantitative estimate of drug-likeness (QED) is 0.776. The van der Waals surface area contributed by atoms with E-state index in [0.717, 1.165) is 27.1 Å². The molecule has 0 radical (unpaired) electrons. The van der Waals surface area contributed by atoms with Crippen LogP contribution in [0.25, 0.3) is 5.65 Å². The number of pyridine rings is 1. The fraction of sp³-hybridized carbons (Fsp3) is 0.267. The van der Waals surface area contributed by atoms with Gasteiger partial charge in [0, 0.05) is 37.0 Å². The summed E-state index contributed by atoms with van der Waals surface area (Å²) in [6.45, 7) is 3.25. The van der Waals surface area contributed by atoms with E-state index in [2.05, 4.69) is 37.3 Å². The van der Waals surface area contributed by atoms with Crippen LogP contribution in [-0.4, -0.2) is 18.9 Å². The predicted molar refractivity (Wildman–Crippen MR) is 86.1 cm³/mol. The number of rotatable bonds is 4. The Morgan fingerprint density at radius 2 is 2.18 bits per heavy atom. The van der Waals surface area contributed by atoms with Gasteiger partial charge in [-0.15, -0.1) is 0 Å². The van der Waals surface area contributed by atoms with Crippen molar-refractivity contribution in [2.45, 2.75) is 20.0 Å². The van der Waals surface area contributed by atoms with Gasteiger partial charge in [0.15, 0.2) is 5.69 Å². The zero-order valence-corrected chi connectivity index (χ0v) is 13.9. The number of nitrogens with zero attached hydrogens (tertiary/aromatic N) is 5. The van der Waals surface area contributed by atoms with Gasteiger partial charge in [-0.25, -0.2) is 9.97 Å². The third-order valence-electron chi connectivity index (χ3n) is 3.52. The average molecular weight is 359 g/mol. The zero-order valence-electron chi connectivity index (χ0n) is 12.3. The van der Waals surface area contributed by atoms with Gasteiger partial charge in [-0.3, -0.25) is 0 Å². The number of nitrogens with one attached hydrogen (secondary N) is 1. The molecule has 112 valence electrons. The van der Waals surface area contributed by atoms with E-state index in [-0.39, 0.29) is 0 Å². The lowest BCUT2D eigenvalue weighted by molar-refractivity contribution is 0.646. The molecule has 0 spiro atoms. The summed E-state index contributed by atoms with van der Waals surface area (Å²) in [6, 6.07) is 4.15. The second-order valence-electron chi connectivity index (χ2n) is 5.17. The summed E-state index contributed by atoms with van der Waals surface area (Å²) in [5.41, 5.74) is 4.38. The van der Waals surface area contributed by atoms with Gasteiger partial charge in [-0.1, -0.05) is 0 Å². The Morgan fingerprint density at radius 3 is 2.95 bits per heavy atom. The lowest BCUT2D eigenvalue weighted by Crippen LogP contribution is -2.16. The Kier molecular flexibility index (Phi) is 3.96. The van der Waals surface area contributed by atoms with Gasteiger partial charge in [-0.2, -0.15) is 5.26 Å². The summed E-state index contributed by atoms with van der Waals surface area (Å²) >= 11 is 3.49. The predicted octanol–water partition coefficient (Wildman–Crippen LogP) is 2.30. The number of aryl methyl sites for hydroxylation is 2. The number of fused-ring (bicyclic) bond motifs is 1. The van der Waals surface area contributed by atoms with E-state index in [1.54, 1.807) is 6.33 Å². The summed E-state index contributed by atoms with van der Waals surface area (Å²) in [5, 5.41) is 12.3. The minimum Gasteiger partial charge on any atom is -0.335 e. The number of aromatic nitrogens is 4. The molecule has 3 heterocycles. The fourth-order valence-corrected chi connectivity index (χ4v) is 2.99. The third-order valence-corrected chi connectivity index (χ3v) is 3.95. The lowest BCUT2D eigenvalue weighted by Gasteiger charge is -2.04. The second kappa shape index (κ2) is 5.91. The van der Waals surface area contributed by atoms with Crippen molar-refractivity contribution in [3.8, 4) is 6.07 Å². The molecule has 3 rings (SSSR count). The molecule has 0 unspecified atom stereocenters. The molecular formula is C15H15BrN6. The summed E-state index contributed by atoms with van der Waals surface area (Å²) in [7, 11) is 1.89. The average Bonchev–Trinajstić information content (AvgIpc) is 3.03. The van der Waals surface area contributed by atoms with Crippen molar-refractivity contribution in [3.63, 3.8) is 0 Å². The Morgan fingerprint density at radius 1 is 1.36 bits per heavy atom. The maximum Gasteiger partial charge on any atom is 0.162 e. The van der Waals surface area contributed by atoms with E-state index >= 15 is 0 Å². The highest BCUT2D eigenvalue weighted by Gasteiger charge is 2.09. The molecule has 0 amide bonds. The van der Waals surface area contributed by atoms with E-state index in [0.29, 0.717) is 18.8 Å². The van der Waals surface area contributed by atoms with E-state index < -0.39 is 0 Å². The summed E-state index contributed by atoms with van der Waals surface area (Å²) < 4.78 is 4.90. The van der Waals surface area contributed by atoms with E-state index in [1.807, 2.05) is 41.4 Å². The largest absolute Gasteiger partial charge is 0.335 e. The number of imidazole rings is 2. The molecule has 0 aliphatic rings. The molecule has 1 N–H and O–H groups in total. The molecule has 3 aromatic heterocycles. The molecule has 0 aromatic carbocycles. The zero-order chi connectivity index (χ0) is 15.7. The minimum atomic E-state index is 0.463. The van der Waals surface area contributed by atoms with Gasteiger partial charge in [0.05, 0.1) is 17.7 Å². The van der Waals surface area contributed by atoms with Gasteiger partial charge < -0.3 is 14.3 Å². The second-order valence-corrected chi connectivity index (χ2v) is 6.09. The smallest absolute Gasteiger partial charge is 0.162 e. The highest BCUT2D eigenvalue weighted by Crippen LogP contribution is 2.17. The van der Waals surface area contributed by atoms with Crippen molar-refractivity contribution in [2.24, 2.45) is 7.05 Å². The summed E-state index contributed by atoms with van der Waals surface area (Å²) in [6.07, 6.45) is 5.66. The number of nitriles is 1. The topological polar surface area (TPSA) is 70.9 Å². The van der Waals surface area contributed by atoms with Crippen molar-refractivity contribution in [1.29, 1.82) is 5.26 Å². The van der Waals surface area contributed by atoms with Crippen LogP contribution >= 0.6 is 15.9 Å². The minimum absolute atomic E-state index is 0.463. The molecule has 22 heavy (non-hydrogen) atoms. The molecule has 0 bridgehead atoms. The monoisotopic (exact) mass is 358 g/mol. The van der Waals surface area contributed by atoms with Crippen LogP contribution in [-0.2, 0) is 20.1 Å². The van der Waals surface area contributed by atoms with Crippen molar-refractivity contribution in [1.82, 2.24) is 24.3 Å². The Balaban J connectivity index is 1.73. The Labute approximate surface area is 136 Å². The first-order valence-electron chi connectivity index (χ1n) is 6.83. The molecule has 0 aliphatic carbocycles. The summed E-state index contributed by atoms with van der Waals surface area (Å²) in [5.74, 6) is 0. The normalized spacial score (nSPS) is 11.0. The van der Waals surface area contributed by atoms with Crippen LogP contribution in [0.1, 0.15) is 22.6 Å². The number of hydrogen-bond acceptors (Lipinski definition) is 4. The number of halogens is 1. The number of hydrogen-bond donors (Lipinski definition) is 1. The van der Waals surface area contributed by atoms with Gasteiger partial charge in [0.2, 0.25) is 0 Å². The van der Waals surface area contributed by atoms with Crippen LogP contribution < -0.4 is 5.32 Å². The first kappa shape index (κ1) is 14.8. The molecule has 0 fully saturated rings. The van der Waals surface area contributed by atoms with E-state index in [1.165, 1.54) is 0 Å². The van der Waals surface area contributed by atoms with E-state index in [4.69, 9.17) is 5.26 Å². The summed E-state index contributed by atoms with van der Waals surface area (Å²) in [4.78, 5) is 8.68. The van der Waals surface area contributed by atoms with E-state index in [9.17, 15) is 0 Å². The maximum absolute atomic E-state index is 9.03. The van der Waals surface area contributed by atoms with Crippen molar-refractivity contribution < 1.29 is 0 Å². The van der Waals surface area contributed by atoms with Crippen LogP contribution in [0.3, 0.4) is 0 Å². The van der Waals surface area contributed by atoms with Gasteiger partial charge >= 0.3 is 0 Å². The highest BCUT2D eigenvalue weighted by molar-refractivity contribution is 9.10. The van der Waals surface area contributed by atoms with Crippen molar-refractivity contribution in [2.75, 3.05) is 0 Å². The molecule has 0 aliphatic heterocycles. The van der Waals surface area contributed by atoms with Gasteiger partial charge in [-0.05, 0) is 34.5 Å². The van der Waals surface area contributed by atoms with Gasteiger partial charge in [0.1, 0.15) is 11.7 Å².